The van der Waals surface area contributed by atoms with E-state index in [-0.39, 0.29) is 11.8 Å². The van der Waals surface area contributed by atoms with Crippen molar-refractivity contribution in [3.05, 3.63) is 46.7 Å². The zero-order valence-electron chi connectivity index (χ0n) is 13.6. The topological polar surface area (TPSA) is 82.2 Å². The van der Waals surface area contributed by atoms with E-state index in [1.807, 2.05) is 28.3 Å². The van der Waals surface area contributed by atoms with E-state index in [9.17, 15) is 4.79 Å². The van der Waals surface area contributed by atoms with Gasteiger partial charge in [-0.1, -0.05) is 11.3 Å². The van der Waals surface area contributed by atoms with Gasteiger partial charge in [-0.3, -0.25) is 4.79 Å². The maximum absolute atomic E-state index is 12.1. The first-order valence-electron chi connectivity index (χ1n) is 8.11. The molecule has 7 nitrogen and oxygen atoms in total. The number of furan rings is 1. The Balaban J connectivity index is 1.38. The largest absolute Gasteiger partial charge is 0.472 e. The number of carbonyl (C=O) groups excluding carboxylic acids is 1. The van der Waals surface area contributed by atoms with Crippen LogP contribution in [0.5, 0.6) is 0 Å². The minimum atomic E-state index is 0.0320. The van der Waals surface area contributed by atoms with Gasteiger partial charge >= 0.3 is 0 Å². The number of thiophene rings is 1. The molecule has 1 N–H and O–H groups in total. The Morgan fingerprint density at radius 1 is 1.44 bits per heavy atom. The molecule has 0 unspecified atom stereocenters. The molecule has 0 saturated heterocycles. The molecule has 0 spiro atoms. The highest BCUT2D eigenvalue weighted by Gasteiger charge is 2.23. The van der Waals surface area contributed by atoms with Gasteiger partial charge in [0.05, 0.1) is 37.9 Å². The van der Waals surface area contributed by atoms with E-state index in [4.69, 9.17) is 9.15 Å². The van der Waals surface area contributed by atoms with Crippen molar-refractivity contribution < 1.29 is 13.9 Å². The van der Waals surface area contributed by atoms with E-state index in [1.165, 1.54) is 0 Å². The second kappa shape index (κ2) is 7.20. The van der Waals surface area contributed by atoms with E-state index >= 15 is 0 Å². The van der Waals surface area contributed by atoms with Crippen LogP contribution in [0.2, 0.25) is 0 Å². The van der Waals surface area contributed by atoms with Crippen molar-refractivity contribution in [2.24, 2.45) is 5.92 Å². The number of aromatic nitrogens is 3. The first-order valence-corrected chi connectivity index (χ1v) is 8.99. The Morgan fingerprint density at radius 3 is 3.20 bits per heavy atom. The Kier molecular flexibility index (Phi) is 4.62. The molecule has 0 aromatic carbocycles. The number of amides is 1. The third-order valence-corrected chi connectivity index (χ3v) is 5.03. The predicted octanol–water partition coefficient (Wildman–Crippen LogP) is 2.10. The standard InChI is InChI=1S/C17H18N4O3S/c22-16(6-14-2-1-5-25-14)18-7-12-8-21-15(11-24-9-12)17(19-20-21)13-3-4-23-10-13/h1-5,10,12H,6-9,11H2,(H,18,22)/t12-/m0/s1. The molecule has 4 rings (SSSR count). The van der Waals surface area contributed by atoms with Gasteiger partial charge in [-0.05, 0) is 17.5 Å². The summed E-state index contributed by atoms with van der Waals surface area (Å²) < 4.78 is 12.8. The molecule has 0 bridgehead atoms. The first kappa shape index (κ1) is 16.0. The number of hydrogen-bond donors (Lipinski definition) is 1. The molecule has 130 valence electrons. The fourth-order valence-corrected chi connectivity index (χ4v) is 3.58. The van der Waals surface area contributed by atoms with Crippen LogP contribution in [-0.4, -0.2) is 34.1 Å². The highest BCUT2D eigenvalue weighted by atomic mass is 32.1. The molecule has 0 aliphatic carbocycles. The molecule has 3 aromatic rings. The highest BCUT2D eigenvalue weighted by Crippen LogP contribution is 2.24. The van der Waals surface area contributed by atoms with Gasteiger partial charge in [-0.15, -0.1) is 16.4 Å². The molecule has 0 saturated carbocycles. The van der Waals surface area contributed by atoms with Crippen LogP contribution >= 0.6 is 11.3 Å². The summed E-state index contributed by atoms with van der Waals surface area (Å²) in [5.74, 6) is 0.192. The van der Waals surface area contributed by atoms with Gasteiger partial charge in [0.1, 0.15) is 5.69 Å². The van der Waals surface area contributed by atoms with E-state index in [0.29, 0.717) is 32.7 Å². The van der Waals surface area contributed by atoms with Gasteiger partial charge in [-0.25, -0.2) is 4.68 Å². The monoisotopic (exact) mass is 358 g/mol. The van der Waals surface area contributed by atoms with Crippen molar-refractivity contribution in [3.8, 4) is 11.3 Å². The van der Waals surface area contributed by atoms with Crippen LogP contribution in [0.1, 0.15) is 10.6 Å². The second-order valence-corrected chi connectivity index (χ2v) is 7.05. The van der Waals surface area contributed by atoms with Crippen LogP contribution < -0.4 is 5.32 Å². The third-order valence-electron chi connectivity index (χ3n) is 4.16. The summed E-state index contributed by atoms with van der Waals surface area (Å²) in [7, 11) is 0. The lowest BCUT2D eigenvalue weighted by Crippen LogP contribution is -2.33. The highest BCUT2D eigenvalue weighted by molar-refractivity contribution is 7.10. The normalized spacial score (nSPS) is 17.0. The summed E-state index contributed by atoms with van der Waals surface area (Å²) in [6, 6.07) is 5.78. The lowest BCUT2D eigenvalue weighted by atomic mass is 10.1. The molecule has 0 radical (unpaired) electrons. The molecule has 1 amide bonds. The first-order chi connectivity index (χ1) is 12.3. The number of hydrogen-bond acceptors (Lipinski definition) is 6. The SMILES string of the molecule is O=C(Cc1cccs1)NC[C@@H]1COCc2c(-c3ccoc3)nnn2C1. The van der Waals surface area contributed by atoms with Gasteiger partial charge in [-0.2, -0.15) is 0 Å². The fourth-order valence-electron chi connectivity index (χ4n) is 2.88. The summed E-state index contributed by atoms with van der Waals surface area (Å²) in [5, 5.41) is 13.5. The summed E-state index contributed by atoms with van der Waals surface area (Å²) in [6.07, 6.45) is 3.69. The average molecular weight is 358 g/mol. The van der Waals surface area contributed by atoms with Gasteiger partial charge in [0, 0.05) is 29.4 Å². The van der Waals surface area contributed by atoms with Crippen LogP contribution in [-0.2, 0) is 29.1 Å². The van der Waals surface area contributed by atoms with Crippen LogP contribution in [0, 0.1) is 5.92 Å². The molecule has 0 fully saturated rings. The van der Waals surface area contributed by atoms with Crippen LogP contribution in [0.3, 0.4) is 0 Å². The van der Waals surface area contributed by atoms with E-state index in [0.717, 1.165) is 21.8 Å². The molecule has 1 atom stereocenters. The summed E-state index contributed by atoms with van der Waals surface area (Å²) >= 11 is 1.59. The number of rotatable bonds is 5. The van der Waals surface area contributed by atoms with Gasteiger partial charge in [0.15, 0.2) is 0 Å². The minimum absolute atomic E-state index is 0.0320. The second-order valence-electron chi connectivity index (χ2n) is 6.02. The molecule has 3 aromatic heterocycles. The zero-order chi connectivity index (χ0) is 17.1. The number of ether oxygens (including phenoxy) is 1. The molecule has 25 heavy (non-hydrogen) atoms. The molecular weight excluding hydrogens is 340 g/mol. The Hall–Kier alpha value is -2.45. The van der Waals surface area contributed by atoms with E-state index in [2.05, 4.69) is 15.6 Å². The number of nitrogens with one attached hydrogen (secondary N) is 1. The molecule has 1 aliphatic heterocycles. The average Bonchev–Trinajstić information content (AvgIpc) is 3.33. The number of nitrogens with zero attached hydrogens (tertiary/aromatic N) is 3. The predicted molar refractivity (Wildman–Crippen MR) is 91.9 cm³/mol. The van der Waals surface area contributed by atoms with E-state index in [1.54, 1.807) is 23.9 Å². The van der Waals surface area contributed by atoms with Crippen molar-refractivity contribution in [3.63, 3.8) is 0 Å². The summed E-state index contributed by atoms with van der Waals surface area (Å²) in [5.41, 5.74) is 2.62. The van der Waals surface area contributed by atoms with Crippen LogP contribution in [0.25, 0.3) is 11.3 Å². The lowest BCUT2D eigenvalue weighted by molar-refractivity contribution is -0.120. The van der Waals surface area contributed by atoms with E-state index < -0.39 is 0 Å². The maximum Gasteiger partial charge on any atom is 0.225 e. The zero-order valence-corrected chi connectivity index (χ0v) is 14.4. The molecule has 8 heteroatoms. The Labute approximate surface area is 148 Å². The fraction of sp³-hybridized carbons (Fsp3) is 0.353. The Morgan fingerprint density at radius 2 is 2.40 bits per heavy atom. The summed E-state index contributed by atoms with van der Waals surface area (Å²) in [4.78, 5) is 13.1. The van der Waals surface area contributed by atoms with Crippen LogP contribution in [0.15, 0.2) is 40.5 Å². The molecule has 4 heterocycles. The van der Waals surface area contributed by atoms with Crippen molar-refractivity contribution >= 4 is 17.2 Å². The van der Waals surface area contributed by atoms with Crippen molar-refractivity contribution in [1.29, 1.82) is 0 Å². The third kappa shape index (κ3) is 3.64. The van der Waals surface area contributed by atoms with Gasteiger partial charge in [0.2, 0.25) is 5.91 Å². The molecular formula is C17H18N4O3S. The minimum Gasteiger partial charge on any atom is -0.472 e. The smallest absolute Gasteiger partial charge is 0.225 e. The van der Waals surface area contributed by atoms with Crippen molar-refractivity contribution in [1.82, 2.24) is 20.3 Å². The van der Waals surface area contributed by atoms with Gasteiger partial charge < -0.3 is 14.5 Å². The quantitative estimate of drug-likeness (QED) is 0.755. The Bertz CT molecular complexity index is 826. The van der Waals surface area contributed by atoms with Crippen molar-refractivity contribution in [2.75, 3.05) is 13.2 Å². The lowest BCUT2D eigenvalue weighted by Gasteiger charge is -2.14. The summed E-state index contributed by atoms with van der Waals surface area (Å²) in [6.45, 7) is 2.25. The number of fused-ring (bicyclic) bond motifs is 1. The van der Waals surface area contributed by atoms with Gasteiger partial charge in [0.25, 0.3) is 0 Å². The maximum atomic E-state index is 12.1. The molecule has 1 aliphatic rings. The van der Waals surface area contributed by atoms with Crippen molar-refractivity contribution in [2.45, 2.75) is 19.6 Å². The number of carbonyl (C=O) groups is 1. The van der Waals surface area contributed by atoms with Crippen LogP contribution in [0.4, 0.5) is 0 Å².